The molecule has 7 heteroatoms. The number of furan rings is 1. The summed E-state index contributed by atoms with van der Waals surface area (Å²) in [4.78, 5) is 28.9. The molecule has 0 spiro atoms. The normalized spacial score (nSPS) is 18.6. The van der Waals surface area contributed by atoms with E-state index in [1.165, 1.54) is 11.2 Å². The number of ketones is 1. The number of aliphatic hydroxyl groups is 1. The molecule has 2 heterocycles. The highest BCUT2D eigenvalue weighted by Crippen LogP contribution is 2.39. The molecule has 1 aliphatic rings. The molecule has 1 aromatic carbocycles. The maximum Gasteiger partial charge on any atom is 0.295 e. The second-order valence-electron chi connectivity index (χ2n) is 7.18. The quantitative estimate of drug-likeness (QED) is 0.418. The van der Waals surface area contributed by atoms with Crippen LogP contribution in [0.5, 0.6) is 5.75 Å². The Bertz CT molecular complexity index is 884. The van der Waals surface area contributed by atoms with Gasteiger partial charge in [0.25, 0.3) is 11.7 Å². The zero-order chi connectivity index (χ0) is 21.0. The van der Waals surface area contributed by atoms with Crippen molar-refractivity contribution in [3.05, 3.63) is 59.6 Å². The summed E-state index contributed by atoms with van der Waals surface area (Å²) in [6, 6.07) is 9.44. The van der Waals surface area contributed by atoms with Gasteiger partial charge in [0, 0.05) is 18.7 Å². The number of carbonyl (C=O) groups excluding carboxylic acids is 2. The van der Waals surface area contributed by atoms with Crippen molar-refractivity contribution in [2.24, 2.45) is 0 Å². The van der Waals surface area contributed by atoms with Crippen molar-refractivity contribution in [1.82, 2.24) is 9.80 Å². The molecule has 2 aromatic rings. The minimum Gasteiger partial charge on any atom is -0.507 e. The standard InChI is InChI=1S/C22H26N2O5/c1-4-13-28-16-9-7-15(8-10-16)20(25)18-19(17-6-5-14-29-17)24(12-11-23(2)3)22(27)21(18)26/h5-10,14,19,25H,4,11-13H2,1-3H3/b20-18+/t19-/m1/s1. The SMILES string of the molecule is CCCOc1ccc(/C(O)=C2\C(=O)C(=O)N(CCN(C)C)[C@@H]2c2ccco2)cc1. The summed E-state index contributed by atoms with van der Waals surface area (Å²) in [6.45, 7) is 3.53. The number of amides is 1. The monoisotopic (exact) mass is 398 g/mol. The predicted octanol–water partition coefficient (Wildman–Crippen LogP) is 3.05. The Hall–Kier alpha value is -3.06. The van der Waals surface area contributed by atoms with E-state index in [-0.39, 0.29) is 11.3 Å². The van der Waals surface area contributed by atoms with Gasteiger partial charge in [-0.25, -0.2) is 0 Å². The molecule has 29 heavy (non-hydrogen) atoms. The topological polar surface area (TPSA) is 83.2 Å². The Morgan fingerprint density at radius 3 is 2.52 bits per heavy atom. The summed E-state index contributed by atoms with van der Waals surface area (Å²) in [5.41, 5.74) is 0.474. The van der Waals surface area contributed by atoms with E-state index >= 15 is 0 Å². The molecule has 0 bridgehead atoms. The summed E-state index contributed by atoms with van der Waals surface area (Å²) >= 11 is 0. The van der Waals surface area contributed by atoms with Crippen LogP contribution in [0.3, 0.4) is 0 Å². The van der Waals surface area contributed by atoms with Gasteiger partial charge >= 0.3 is 0 Å². The molecule has 1 aliphatic heterocycles. The lowest BCUT2D eigenvalue weighted by Gasteiger charge is -2.24. The molecule has 0 unspecified atom stereocenters. The van der Waals surface area contributed by atoms with Gasteiger partial charge in [-0.3, -0.25) is 9.59 Å². The predicted molar refractivity (Wildman–Crippen MR) is 108 cm³/mol. The van der Waals surface area contributed by atoms with Crippen LogP contribution in [0.2, 0.25) is 0 Å². The highest BCUT2D eigenvalue weighted by molar-refractivity contribution is 6.46. The van der Waals surface area contributed by atoms with Crippen molar-refractivity contribution in [2.75, 3.05) is 33.8 Å². The Kier molecular flexibility index (Phi) is 6.39. The van der Waals surface area contributed by atoms with Crippen LogP contribution in [0.25, 0.3) is 5.76 Å². The molecule has 154 valence electrons. The molecule has 0 radical (unpaired) electrons. The fourth-order valence-corrected chi connectivity index (χ4v) is 3.25. The number of hydrogen-bond acceptors (Lipinski definition) is 6. The van der Waals surface area contributed by atoms with Gasteiger partial charge in [-0.2, -0.15) is 0 Å². The van der Waals surface area contributed by atoms with Gasteiger partial charge in [0.15, 0.2) is 0 Å². The van der Waals surface area contributed by atoms with Gasteiger partial charge in [0.1, 0.15) is 23.3 Å². The van der Waals surface area contributed by atoms with Crippen LogP contribution >= 0.6 is 0 Å². The van der Waals surface area contributed by atoms with Crippen molar-refractivity contribution in [3.8, 4) is 5.75 Å². The third kappa shape index (κ3) is 4.35. The fraction of sp³-hybridized carbons (Fsp3) is 0.364. The Morgan fingerprint density at radius 1 is 1.21 bits per heavy atom. The van der Waals surface area contributed by atoms with Crippen LogP contribution in [-0.2, 0) is 9.59 Å². The second kappa shape index (κ2) is 8.96. The number of Topliss-reactive ketones (excluding diaryl/α,β-unsaturated/α-hetero) is 1. The van der Waals surface area contributed by atoms with Gasteiger partial charge in [-0.15, -0.1) is 0 Å². The van der Waals surface area contributed by atoms with Crippen molar-refractivity contribution in [3.63, 3.8) is 0 Å². The molecule has 1 aromatic heterocycles. The summed E-state index contributed by atoms with van der Waals surface area (Å²) < 4.78 is 11.1. The zero-order valence-corrected chi connectivity index (χ0v) is 16.9. The van der Waals surface area contributed by atoms with E-state index in [0.29, 0.717) is 36.8 Å². The largest absolute Gasteiger partial charge is 0.507 e. The molecule has 1 atom stereocenters. The van der Waals surface area contributed by atoms with E-state index in [9.17, 15) is 14.7 Å². The van der Waals surface area contributed by atoms with Crippen LogP contribution < -0.4 is 4.74 Å². The van der Waals surface area contributed by atoms with E-state index in [1.54, 1.807) is 36.4 Å². The molecule has 1 N–H and O–H groups in total. The first kappa shape index (κ1) is 20.7. The number of hydrogen-bond donors (Lipinski definition) is 1. The van der Waals surface area contributed by atoms with E-state index in [0.717, 1.165) is 6.42 Å². The average Bonchev–Trinajstić information content (AvgIpc) is 3.32. The van der Waals surface area contributed by atoms with Crippen molar-refractivity contribution < 1.29 is 23.8 Å². The number of benzene rings is 1. The van der Waals surface area contributed by atoms with E-state index in [2.05, 4.69) is 0 Å². The highest BCUT2D eigenvalue weighted by Gasteiger charge is 2.47. The fourth-order valence-electron chi connectivity index (χ4n) is 3.25. The minimum absolute atomic E-state index is 0.0333. The van der Waals surface area contributed by atoms with Crippen molar-refractivity contribution in [2.45, 2.75) is 19.4 Å². The molecule has 1 amide bonds. The third-order valence-corrected chi connectivity index (χ3v) is 4.74. The number of rotatable bonds is 8. The molecule has 3 rings (SSSR count). The van der Waals surface area contributed by atoms with Crippen LogP contribution in [0.4, 0.5) is 0 Å². The number of carbonyl (C=O) groups is 2. The number of aliphatic hydroxyl groups excluding tert-OH is 1. The molecule has 1 fully saturated rings. The molecule has 1 saturated heterocycles. The van der Waals surface area contributed by atoms with Crippen LogP contribution in [-0.4, -0.2) is 60.4 Å². The highest BCUT2D eigenvalue weighted by atomic mass is 16.5. The van der Waals surface area contributed by atoms with E-state index in [1.807, 2.05) is 25.9 Å². The lowest BCUT2D eigenvalue weighted by Crippen LogP contribution is -2.35. The lowest BCUT2D eigenvalue weighted by molar-refractivity contribution is -0.140. The summed E-state index contributed by atoms with van der Waals surface area (Å²) in [5.74, 6) is -0.462. The maximum absolute atomic E-state index is 12.8. The maximum atomic E-state index is 12.8. The number of ether oxygens (including phenoxy) is 1. The molecular formula is C22H26N2O5. The van der Waals surface area contributed by atoms with Gasteiger partial charge in [0.2, 0.25) is 0 Å². The average molecular weight is 398 g/mol. The first-order valence-corrected chi connectivity index (χ1v) is 9.63. The van der Waals surface area contributed by atoms with Crippen molar-refractivity contribution in [1.29, 1.82) is 0 Å². The van der Waals surface area contributed by atoms with Crippen LogP contribution in [0.1, 0.15) is 30.7 Å². The van der Waals surface area contributed by atoms with Crippen LogP contribution in [0, 0.1) is 0 Å². The third-order valence-electron chi connectivity index (χ3n) is 4.74. The number of likely N-dealkylation sites (tertiary alicyclic amines) is 1. The minimum atomic E-state index is -0.763. The summed E-state index contributed by atoms with van der Waals surface area (Å²) in [5, 5.41) is 10.9. The van der Waals surface area contributed by atoms with Gasteiger partial charge in [-0.05, 0) is 56.9 Å². The lowest BCUT2D eigenvalue weighted by atomic mass is 9.99. The number of nitrogens with zero attached hydrogens (tertiary/aromatic N) is 2. The summed E-state index contributed by atoms with van der Waals surface area (Å²) in [6.07, 6.45) is 2.38. The van der Waals surface area contributed by atoms with E-state index in [4.69, 9.17) is 9.15 Å². The molecule has 7 nitrogen and oxygen atoms in total. The van der Waals surface area contributed by atoms with E-state index < -0.39 is 17.7 Å². The molecule has 0 saturated carbocycles. The van der Waals surface area contributed by atoms with Crippen molar-refractivity contribution >= 4 is 17.4 Å². The van der Waals surface area contributed by atoms with Gasteiger partial charge in [-0.1, -0.05) is 6.92 Å². The van der Waals surface area contributed by atoms with Crippen LogP contribution in [0.15, 0.2) is 52.7 Å². The number of likely N-dealkylation sites (N-methyl/N-ethyl adjacent to an activating group) is 1. The molecular weight excluding hydrogens is 372 g/mol. The Balaban J connectivity index is 1.99. The van der Waals surface area contributed by atoms with Gasteiger partial charge < -0.3 is 24.1 Å². The summed E-state index contributed by atoms with van der Waals surface area (Å²) in [7, 11) is 3.78. The first-order valence-electron chi connectivity index (χ1n) is 9.63. The first-order chi connectivity index (χ1) is 13.9. The second-order valence-corrected chi connectivity index (χ2v) is 7.18. The smallest absolute Gasteiger partial charge is 0.295 e. The Labute approximate surface area is 170 Å². The van der Waals surface area contributed by atoms with Gasteiger partial charge in [0.05, 0.1) is 18.4 Å². The molecule has 0 aliphatic carbocycles. The zero-order valence-electron chi connectivity index (χ0n) is 16.9. The Morgan fingerprint density at radius 2 is 1.93 bits per heavy atom.